The van der Waals surface area contributed by atoms with Crippen molar-refractivity contribution >= 4 is 21.1 Å². The van der Waals surface area contributed by atoms with Crippen molar-refractivity contribution in [1.82, 2.24) is 18.8 Å². The average Bonchev–Trinajstić information content (AvgIpc) is 3.01. The monoisotopic (exact) mass is 462 g/mol. The molecule has 1 aromatic heterocycles. The van der Waals surface area contributed by atoms with Gasteiger partial charge >= 0.3 is 5.69 Å². The summed E-state index contributed by atoms with van der Waals surface area (Å²) in [5.74, 6) is 0.832. The van der Waals surface area contributed by atoms with Gasteiger partial charge in [0.15, 0.2) is 0 Å². The molecule has 1 N–H and O–H groups in total. The highest BCUT2D eigenvalue weighted by Gasteiger charge is 2.26. The third kappa shape index (κ3) is 5.83. The molecule has 1 saturated heterocycles. The van der Waals surface area contributed by atoms with E-state index in [1.165, 1.54) is 51.5 Å². The number of aromatic nitrogens is 2. The van der Waals surface area contributed by atoms with E-state index in [1.807, 2.05) is 28.8 Å². The van der Waals surface area contributed by atoms with Crippen LogP contribution in [0, 0.1) is 5.92 Å². The van der Waals surface area contributed by atoms with Crippen LogP contribution < -0.4 is 10.4 Å². The fraction of sp³-hybridized carbons (Fsp3) is 0.708. The second-order valence-electron chi connectivity index (χ2n) is 9.70. The van der Waals surface area contributed by atoms with Crippen molar-refractivity contribution in [3.63, 3.8) is 0 Å². The molecule has 2 heterocycles. The number of nitrogens with zero attached hydrogens (tertiary/aromatic N) is 3. The lowest BCUT2D eigenvalue weighted by Crippen LogP contribution is -2.40. The minimum Gasteiger partial charge on any atom is -0.303 e. The minimum atomic E-state index is -3.27. The van der Waals surface area contributed by atoms with Crippen molar-refractivity contribution in [3.8, 4) is 0 Å². The fourth-order valence-electron chi connectivity index (χ4n) is 5.59. The molecule has 0 unspecified atom stereocenters. The summed E-state index contributed by atoms with van der Waals surface area (Å²) in [6.45, 7) is 3.85. The van der Waals surface area contributed by atoms with Gasteiger partial charge in [-0.1, -0.05) is 44.2 Å². The van der Waals surface area contributed by atoms with E-state index < -0.39 is 10.0 Å². The smallest absolute Gasteiger partial charge is 0.303 e. The number of imidazole rings is 1. The van der Waals surface area contributed by atoms with Gasteiger partial charge in [0, 0.05) is 38.8 Å². The number of nitrogens with one attached hydrogen (secondary N) is 1. The van der Waals surface area contributed by atoms with Crippen molar-refractivity contribution in [3.05, 3.63) is 34.7 Å². The second-order valence-corrected chi connectivity index (χ2v) is 11.5. The highest BCUT2D eigenvalue weighted by molar-refractivity contribution is 7.88. The first-order valence-corrected chi connectivity index (χ1v) is 14.2. The molecule has 0 radical (unpaired) electrons. The standard InChI is InChI=1S/C24H38N4O3S/c1-32(30,31)25-15-18-27-22-11-7-8-12-23(22)28(24(27)29)21-13-16-26(17-14-21)19-20-9-5-3-2-4-6-10-20/h7-8,11-12,20-21,25H,2-6,9-10,13-19H2,1H3. The van der Waals surface area contributed by atoms with Crippen LogP contribution in [0.15, 0.2) is 29.1 Å². The summed E-state index contributed by atoms with van der Waals surface area (Å²) in [5, 5.41) is 0. The van der Waals surface area contributed by atoms with E-state index in [2.05, 4.69) is 9.62 Å². The molecule has 0 bridgehead atoms. The van der Waals surface area contributed by atoms with Gasteiger partial charge in [0.1, 0.15) is 0 Å². The maximum Gasteiger partial charge on any atom is 0.329 e. The summed E-state index contributed by atoms with van der Waals surface area (Å²) in [6, 6.07) is 8.08. The number of hydrogen-bond donors (Lipinski definition) is 1. The number of likely N-dealkylation sites (tertiary alicyclic amines) is 1. The van der Waals surface area contributed by atoms with Crippen molar-refractivity contribution in [1.29, 1.82) is 0 Å². The third-order valence-corrected chi connectivity index (χ3v) is 7.96. The van der Waals surface area contributed by atoms with E-state index in [0.29, 0.717) is 6.54 Å². The van der Waals surface area contributed by atoms with Gasteiger partial charge in [0.2, 0.25) is 10.0 Å². The van der Waals surface area contributed by atoms with E-state index in [9.17, 15) is 13.2 Å². The molecule has 2 aliphatic rings. The van der Waals surface area contributed by atoms with Crippen LogP contribution in [0.3, 0.4) is 0 Å². The van der Waals surface area contributed by atoms with Gasteiger partial charge < -0.3 is 4.90 Å². The van der Waals surface area contributed by atoms with Crippen molar-refractivity contribution in [2.45, 2.75) is 70.4 Å². The normalized spacial score (nSPS) is 20.4. The van der Waals surface area contributed by atoms with Crippen LogP contribution >= 0.6 is 0 Å². The Balaban J connectivity index is 1.44. The van der Waals surface area contributed by atoms with E-state index in [4.69, 9.17) is 0 Å². The zero-order valence-corrected chi connectivity index (χ0v) is 20.2. The number of hydrogen-bond acceptors (Lipinski definition) is 4. The lowest BCUT2D eigenvalue weighted by Gasteiger charge is -2.35. The minimum absolute atomic E-state index is 0.0278. The van der Waals surface area contributed by atoms with E-state index in [0.717, 1.165) is 49.1 Å². The number of piperidine rings is 1. The molecular weight excluding hydrogens is 424 g/mol. The van der Waals surface area contributed by atoms with Gasteiger partial charge in [0.25, 0.3) is 0 Å². The Labute approximate surface area is 191 Å². The summed E-state index contributed by atoms with van der Waals surface area (Å²) in [6.07, 6.45) is 12.8. The Morgan fingerprint density at radius 2 is 1.56 bits per heavy atom. The van der Waals surface area contributed by atoms with Crippen LogP contribution in [0.5, 0.6) is 0 Å². The first kappa shape index (κ1) is 23.5. The quantitative estimate of drug-likeness (QED) is 0.685. The number of benzene rings is 1. The highest BCUT2D eigenvalue weighted by atomic mass is 32.2. The Hall–Kier alpha value is -1.64. The molecule has 2 aromatic rings. The van der Waals surface area contributed by atoms with Gasteiger partial charge in [-0.25, -0.2) is 17.9 Å². The van der Waals surface area contributed by atoms with Crippen molar-refractivity contribution < 1.29 is 8.42 Å². The maximum atomic E-state index is 13.3. The Bertz CT molecular complexity index is 1040. The summed E-state index contributed by atoms with van der Waals surface area (Å²) in [4.78, 5) is 16.0. The zero-order chi connectivity index (χ0) is 22.6. The summed E-state index contributed by atoms with van der Waals surface area (Å²) < 4.78 is 29.0. The molecule has 7 nitrogen and oxygen atoms in total. The first-order chi connectivity index (χ1) is 15.4. The van der Waals surface area contributed by atoms with Crippen LogP contribution in [0.1, 0.15) is 63.8 Å². The number of sulfonamides is 1. The number of rotatable bonds is 7. The van der Waals surface area contributed by atoms with Gasteiger partial charge in [0.05, 0.1) is 17.3 Å². The van der Waals surface area contributed by atoms with Crippen LogP contribution in [-0.2, 0) is 16.6 Å². The van der Waals surface area contributed by atoms with Crippen molar-refractivity contribution in [2.24, 2.45) is 5.92 Å². The molecule has 0 amide bonds. The molecule has 178 valence electrons. The summed E-state index contributed by atoms with van der Waals surface area (Å²) in [7, 11) is -3.27. The van der Waals surface area contributed by atoms with Gasteiger partial charge in [-0.05, 0) is 43.7 Å². The molecule has 0 spiro atoms. The van der Waals surface area contributed by atoms with Crippen LogP contribution in [0.25, 0.3) is 11.0 Å². The fourth-order valence-corrected chi connectivity index (χ4v) is 6.05. The maximum absolute atomic E-state index is 13.3. The predicted molar refractivity (Wildman–Crippen MR) is 130 cm³/mol. The molecular formula is C24H38N4O3S. The summed E-state index contributed by atoms with van der Waals surface area (Å²) >= 11 is 0. The largest absolute Gasteiger partial charge is 0.329 e. The molecule has 32 heavy (non-hydrogen) atoms. The molecule has 1 aliphatic heterocycles. The van der Waals surface area contributed by atoms with E-state index in [-0.39, 0.29) is 18.3 Å². The van der Waals surface area contributed by atoms with Gasteiger partial charge in [-0.15, -0.1) is 0 Å². The summed E-state index contributed by atoms with van der Waals surface area (Å²) in [5.41, 5.74) is 1.81. The third-order valence-electron chi connectivity index (χ3n) is 7.23. The Morgan fingerprint density at radius 3 is 2.22 bits per heavy atom. The molecule has 1 aliphatic carbocycles. The number of fused-ring (bicyclic) bond motifs is 1. The highest BCUT2D eigenvalue weighted by Crippen LogP contribution is 2.28. The van der Waals surface area contributed by atoms with Gasteiger partial charge in [-0.2, -0.15) is 0 Å². The topological polar surface area (TPSA) is 76.3 Å². The van der Waals surface area contributed by atoms with E-state index in [1.54, 1.807) is 4.57 Å². The second kappa shape index (κ2) is 10.5. The predicted octanol–water partition coefficient (Wildman–Crippen LogP) is 3.35. The Kier molecular flexibility index (Phi) is 7.74. The zero-order valence-electron chi connectivity index (χ0n) is 19.3. The molecule has 4 rings (SSSR count). The molecule has 0 atom stereocenters. The average molecular weight is 463 g/mol. The molecule has 1 saturated carbocycles. The van der Waals surface area contributed by atoms with Crippen LogP contribution in [0.4, 0.5) is 0 Å². The molecule has 8 heteroatoms. The lowest BCUT2D eigenvalue weighted by atomic mass is 9.90. The number of para-hydroxylation sites is 2. The van der Waals surface area contributed by atoms with E-state index >= 15 is 0 Å². The molecule has 2 fully saturated rings. The SMILES string of the molecule is CS(=O)(=O)NCCn1c(=O)n(C2CCN(CC3CCCCCCC3)CC2)c2ccccc21. The van der Waals surface area contributed by atoms with Crippen molar-refractivity contribution in [2.75, 3.05) is 32.4 Å². The Morgan fingerprint density at radius 1 is 0.938 bits per heavy atom. The van der Waals surface area contributed by atoms with Gasteiger partial charge in [-0.3, -0.25) is 9.13 Å². The van der Waals surface area contributed by atoms with Crippen LogP contribution in [0.2, 0.25) is 0 Å². The molecule has 1 aromatic carbocycles. The first-order valence-electron chi connectivity index (χ1n) is 12.3. The van der Waals surface area contributed by atoms with Crippen LogP contribution in [-0.4, -0.2) is 54.9 Å². The lowest BCUT2D eigenvalue weighted by molar-refractivity contribution is 0.152.